The van der Waals surface area contributed by atoms with Crippen LogP contribution in [-0.4, -0.2) is 24.6 Å². The van der Waals surface area contributed by atoms with Crippen LogP contribution in [0.2, 0.25) is 0 Å². The quantitative estimate of drug-likeness (QED) is 0.862. The van der Waals surface area contributed by atoms with Gasteiger partial charge in [-0.1, -0.05) is 33.6 Å². The van der Waals surface area contributed by atoms with Gasteiger partial charge in [0.05, 0.1) is 0 Å². The molecule has 0 saturated heterocycles. The van der Waals surface area contributed by atoms with Crippen molar-refractivity contribution in [3.8, 4) is 0 Å². The van der Waals surface area contributed by atoms with E-state index in [2.05, 4.69) is 49.1 Å². The number of nitrogens with zero attached hydrogens (tertiary/aromatic N) is 2. The molecule has 1 saturated carbocycles. The summed E-state index contributed by atoms with van der Waals surface area (Å²) in [5.74, 6) is 1.47. The summed E-state index contributed by atoms with van der Waals surface area (Å²) in [6.45, 7) is 8.85. The molecule has 1 N–H and O–H groups in total. The van der Waals surface area contributed by atoms with Crippen molar-refractivity contribution in [2.45, 2.75) is 59.0 Å². The minimum absolute atomic E-state index is 0.671. The second-order valence-electron chi connectivity index (χ2n) is 6.97. The van der Waals surface area contributed by atoms with Crippen molar-refractivity contribution < 1.29 is 0 Å². The SMILES string of the molecule is CC(C)CNCc1cnccc1N(C)C1CCCCC1C. The number of anilines is 1. The van der Waals surface area contributed by atoms with E-state index in [1.807, 2.05) is 12.4 Å². The van der Waals surface area contributed by atoms with Crippen molar-refractivity contribution in [1.29, 1.82) is 0 Å². The molecular formula is C18H31N3. The molecule has 1 fully saturated rings. The number of hydrogen-bond acceptors (Lipinski definition) is 3. The lowest BCUT2D eigenvalue weighted by Gasteiger charge is -2.38. The van der Waals surface area contributed by atoms with E-state index >= 15 is 0 Å². The van der Waals surface area contributed by atoms with Gasteiger partial charge in [0.15, 0.2) is 0 Å². The molecule has 0 spiro atoms. The third-order valence-electron chi connectivity index (χ3n) is 4.69. The molecule has 2 atom stereocenters. The summed E-state index contributed by atoms with van der Waals surface area (Å²) in [6, 6.07) is 2.85. The van der Waals surface area contributed by atoms with Crippen LogP contribution in [-0.2, 0) is 6.54 Å². The number of pyridine rings is 1. The Hall–Kier alpha value is -1.09. The molecule has 1 aliphatic rings. The van der Waals surface area contributed by atoms with E-state index in [0.717, 1.165) is 19.0 Å². The Labute approximate surface area is 130 Å². The molecule has 2 unspecified atom stereocenters. The Balaban J connectivity index is 2.07. The van der Waals surface area contributed by atoms with E-state index < -0.39 is 0 Å². The molecule has 1 aromatic rings. The van der Waals surface area contributed by atoms with Crippen LogP contribution in [0.15, 0.2) is 18.5 Å². The topological polar surface area (TPSA) is 28.2 Å². The molecule has 21 heavy (non-hydrogen) atoms. The van der Waals surface area contributed by atoms with Gasteiger partial charge in [0.25, 0.3) is 0 Å². The highest BCUT2D eigenvalue weighted by Crippen LogP contribution is 2.31. The van der Waals surface area contributed by atoms with Crippen LogP contribution in [0.3, 0.4) is 0 Å². The molecule has 0 aromatic carbocycles. The van der Waals surface area contributed by atoms with Gasteiger partial charge in [-0.3, -0.25) is 4.98 Å². The van der Waals surface area contributed by atoms with Gasteiger partial charge >= 0.3 is 0 Å². The van der Waals surface area contributed by atoms with Gasteiger partial charge in [-0.2, -0.15) is 0 Å². The number of rotatable bonds is 6. The third-order valence-corrected chi connectivity index (χ3v) is 4.69. The van der Waals surface area contributed by atoms with Crippen molar-refractivity contribution in [1.82, 2.24) is 10.3 Å². The van der Waals surface area contributed by atoms with E-state index in [0.29, 0.717) is 12.0 Å². The van der Waals surface area contributed by atoms with Crippen LogP contribution in [0.4, 0.5) is 5.69 Å². The summed E-state index contributed by atoms with van der Waals surface area (Å²) >= 11 is 0. The Morgan fingerprint density at radius 1 is 1.33 bits per heavy atom. The maximum atomic E-state index is 4.32. The second-order valence-corrected chi connectivity index (χ2v) is 6.97. The average molecular weight is 289 g/mol. The Bertz CT molecular complexity index is 430. The minimum atomic E-state index is 0.671. The molecule has 1 heterocycles. The molecule has 0 bridgehead atoms. The van der Waals surface area contributed by atoms with Crippen molar-refractivity contribution in [3.05, 3.63) is 24.0 Å². The Morgan fingerprint density at radius 3 is 2.81 bits per heavy atom. The lowest BCUT2D eigenvalue weighted by molar-refractivity contribution is 0.321. The molecule has 0 aliphatic heterocycles. The first-order valence-electron chi connectivity index (χ1n) is 8.46. The summed E-state index contributed by atoms with van der Waals surface area (Å²) in [7, 11) is 2.26. The van der Waals surface area contributed by atoms with Crippen molar-refractivity contribution >= 4 is 5.69 Å². The van der Waals surface area contributed by atoms with Crippen LogP contribution >= 0.6 is 0 Å². The Kier molecular flexibility index (Phi) is 6.04. The molecule has 3 heteroatoms. The molecule has 1 aliphatic carbocycles. The van der Waals surface area contributed by atoms with Crippen molar-refractivity contribution in [2.75, 3.05) is 18.5 Å². The number of nitrogens with one attached hydrogen (secondary N) is 1. The molecule has 0 radical (unpaired) electrons. The zero-order valence-corrected chi connectivity index (χ0v) is 14.1. The van der Waals surface area contributed by atoms with Gasteiger partial charge < -0.3 is 10.2 Å². The van der Waals surface area contributed by atoms with E-state index in [-0.39, 0.29) is 0 Å². The molecule has 3 nitrogen and oxygen atoms in total. The summed E-state index contributed by atoms with van der Waals surface area (Å²) in [5.41, 5.74) is 2.67. The first-order chi connectivity index (χ1) is 10.1. The van der Waals surface area contributed by atoms with Crippen LogP contribution in [0.25, 0.3) is 0 Å². The minimum Gasteiger partial charge on any atom is -0.371 e. The standard InChI is InChI=1S/C18H31N3/c1-14(2)11-20-13-16-12-19-10-9-18(16)21(4)17-8-6-5-7-15(17)3/h9-10,12,14-15,17,20H,5-8,11,13H2,1-4H3. The smallest absolute Gasteiger partial charge is 0.0442 e. The number of hydrogen-bond donors (Lipinski definition) is 1. The van der Waals surface area contributed by atoms with Crippen LogP contribution in [0.5, 0.6) is 0 Å². The first kappa shape index (κ1) is 16.3. The molecule has 2 rings (SSSR count). The van der Waals surface area contributed by atoms with Crippen molar-refractivity contribution in [3.63, 3.8) is 0 Å². The van der Waals surface area contributed by atoms with E-state index in [1.54, 1.807) is 0 Å². The average Bonchev–Trinajstić information content (AvgIpc) is 2.47. The summed E-state index contributed by atoms with van der Waals surface area (Å²) in [6.07, 6.45) is 9.38. The first-order valence-corrected chi connectivity index (χ1v) is 8.46. The lowest BCUT2D eigenvalue weighted by Crippen LogP contribution is -2.39. The molecular weight excluding hydrogens is 258 g/mol. The Morgan fingerprint density at radius 2 is 2.10 bits per heavy atom. The van der Waals surface area contributed by atoms with E-state index in [9.17, 15) is 0 Å². The van der Waals surface area contributed by atoms with E-state index in [1.165, 1.54) is 36.9 Å². The maximum Gasteiger partial charge on any atom is 0.0442 e. The predicted octanol–water partition coefficient (Wildman–Crippen LogP) is 3.84. The summed E-state index contributed by atoms with van der Waals surface area (Å²) in [4.78, 5) is 6.82. The van der Waals surface area contributed by atoms with Crippen LogP contribution in [0.1, 0.15) is 52.0 Å². The van der Waals surface area contributed by atoms with Gasteiger partial charge in [0, 0.05) is 43.3 Å². The van der Waals surface area contributed by atoms with E-state index in [4.69, 9.17) is 0 Å². The van der Waals surface area contributed by atoms with Gasteiger partial charge in [-0.15, -0.1) is 0 Å². The van der Waals surface area contributed by atoms with Gasteiger partial charge in [-0.05, 0) is 37.3 Å². The molecule has 118 valence electrons. The zero-order valence-electron chi connectivity index (χ0n) is 14.1. The van der Waals surface area contributed by atoms with Gasteiger partial charge in [-0.25, -0.2) is 0 Å². The summed E-state index contributed by atoms with van der Waals surface area (Å²) in [5, 5.41) is 3.54. The third kappa shape index (κ3) is 4.44. The molecule has 0 amide bonds. The second kappa shape index (κ2) is 7.79. The fraction of sp³-hybridized carbons (Fsp3) is 0.722. The largest absolute Gasteiger partial charge is 0.371 e. The maximum absolute atomic E-state index is 4.32. The summed E-state index contributed by atoms with van der Waals surface area (Å²) < 4.78 is 0. The fourth-order valence-electron chi connectivity index (χ4n) is 3.45. The highest BCUT2D eigenvalue weighted by Gasteiger charge is 2.26. The van der Waals surface area contributed by atoms with Crippen LogP contribution in [0, 0.1) is 11.8 Å². The molecule has 1 aromatic heterocycles. The monoisotopic (exact) mass is 289 g/mol. The lowest BCUT2D eigenvalue weighted by atomic mass is 9.85. The van der Waals surface area contributed by atoms with Gasteiger partial charge in [0.1, 0.15) is 0 Å². The fourth-order valence-corrected chi connectivity index (χ4v) is 3.45. The van der Waals surface area contributed by atoms with Crippen LogP contribution < -0.4 is 10.2 Å². The highest BCUT2D eigenvalue weighted by molar-refractivity contribution is 5.52. The normalized spacial score (nSPS) is 22.5. The number of aromatic nitrogens is 1. The van der Waals surface area contributed by atoms with Gasteiger partial charge in [0.2, 0.25) is 0 Å². The predicted molar refractivity (Wildman–Crippen MR) is 90.6 cm³/mol. The highest BCUT2D eigenvalue weighted by atomic mass is 15.1. The zero-order chi connectivity index (χ0) is 15.2. The van der Waals surface area contributed by atoms with Crippen molar-refractivity contribution in [2.24, 2.45) is 11.8 Å².